The lowest BCUT2D eigenvalue weighted by Crippen LogP contribution is -1.94. The summed E-state index contributed by atoms with van der Waals surface area (Å²) in [5, 5.41) is 2.47. The largest absolute Gasteiger partial charge is 0.241 e. The van der Waals surface area contributed by atoms with Crippen LogP contribution in [0.25, 0.3) is 22.6 Å². The van der Waals surface area contributed by atoms with Crippen molar-refractivity contribution in [2.75, 3.05) is 0 Å². The van der Waals surface area contributed by atoms with Gasteiger partial charge in [-0.2, -0.15) is 0 Å². The second-order valence-corrected chi connectivity index (χ2v) is 6.24. The van der Waals surface area contributed by atoms with Crippen LogP contribution < -0.4 is 0 Å². The van der Waals surface area contributed by atoms with Crippen molar-refractivity contribution in [3.8, 4) is 22.6 Å². The molecule has 20 heavy (non-hydrogen) atoms. The van der Waals surface area contributed by atoms with Crippen LogP contribution in [0.3, 0.4) is 0 Å². The van der Waals surface area contributed by atoms with Crippen molar-refractivity contribution in [2.24, 2.45) is 0 Å². The first-order valence-electron chi connectivity index (χ1n) is 5.52. The van der Waals surface area contributed by atoms with Crippen molar-refractivity contribution in [3.05, 3.63) is 49.9 Å². The van der Waals surface area contributed by atoms with Crippen molar-refractivity contribution in [1.82, 2.24) is 15.0 Å². The average Bonchev–Trinajstić information content (AvgIpc) is 2.91. The Morgan fingerprint density at radius 1 is 1.10 bits per heavy atom. The molecule has 0 aliphatic rings. The van der Waals surface area contributed by atoms with E-state index in [1.54, 1.807) is 5.51 Å². The second-order valence-electron chi connectivity index (χ2n) is 3.89. The summed E-state index contributed by atoms with van der Waals surface area (Å²) in [4.78, 5) is 12.7. The molecular weight excluding hydrogens is 381 g/mol. The third kappa shape index (κ3) is 2.72. The summed E-state index contributed by atoms with van der Waals surface area (Å²) in [6.07, 6.45) is 0. The molecule has 0 aliphatic carbocycles. The standard InChI is InChI=1S/C13H6BrCl2N3S/c14-8-3-1-2-7(4-8)10-11(15)18-13(19-12(10)16)9-5-20-6-17-9/h1-6H. The minimum atomic E-state index is 0.311. The zero-order chi connectivity index (χ0) is 14.1. The van der Waals surface area contributed by atoms with Crippen LogP contribution in [0.4, 0.5) is 0 Å². The molecule has 1 aromatic carbocycles. The van der Waals surface area contributed by atoms with Gasteiger partial charge in [0.1, 0.15) is 16.0 Å². The maximum Gasteiger partial charge on any atom is 0.181 e. The molecule has 3 rings (SSSR count). The van der Waals surface area contributed by atoms with Crippen molar-refractivity contribution in [2.45, 2.75) is 0 Å². The van der Waals surface area contributed by atoms with Crippen LogP contribution in [0.15, 0.2) is 39.6 Å². The van der Waals surface area contributed by atoms with Gasteiger partial charge in [-0.05, 0) is 17.7 Å². The maximum atomic E-state index is 6.26. The third-order valence-electron chi connectivity index (χ3n) is 2.60. The van der Waals surface area contributed by atoms with E-state index in [4.69, 9.17) is 23.2 Å². The smallest absolute Gasteiger partial charge is 0.181 e. The summed E-state index contributed by atoms with van der Waals surface area (Å²) < 4.78 is 0.936. The van der Waals surface area contributed by atoms with Crippen LogP contribution in [0, 0.1) is 0 Å². The number of nitrogens with zero attached hydrogens (tertiary/aromatic N) is 3. The first-order valence-corrected chi connectivity index (χ1v) is 8.02. The average molecular weight is 387 g/mol. The van der Waals surface area contributed by atoms with Crippen LogP contribution in [0.5, 0.6) is 0 Å². The van der Waals surface area contributed by atoms with E-state index in [-0.39, 0.29) is 0 Å². The van der Waals surface area contributed by atoms with Crippen molar-refractivity contribution < 1.29 is 0 Å². The van der Waals surface area contributed by atoms with E-state index in [1.165, 1.54) is 11.3 Å². The number of halogens is 3. The summed E-state index contributed by atoms with van der Waals surface area (Å²) in [5.74, 6) is 0.431. The fourth-order valence-corrected chi connectivity index (χ4v) is 3.26. The van der Waals surface area contributed by atoms with Crippen LogP contribution in [-0.2, 0) is 0 Å². The topological polar surface area (TPSA) is 38.7 Å². The van der Waals surface area contributed by atoms with Gasteiger partial charge in [-0.25, -0.2) is 15.0 Å². The second kappa shape index (κ2) is 5.77. The minimum Gasteiger partial charge on any atom is -0.241 e. The van der Waals surface area contributed by atoms with Gasteiger partial charge in [0.05, 0.1) is 11.1 Å². The minimum absolute atomic E-state index is 0.311. The van der Waals surface area contributed by atoms with E-state index in [2.05, 4.69) is 30.9 Å². The molecule has 7 heteroatoms. The van der Waals surface area contributed by atoms with Crippen LogP contribution in [0.1, 0.15) is 0 Å². The summed E-state index contributed by atoms with van der Waals surface area (Å²) >= 11 is 17.4. The van der Waals surface area contributed by atoms with Gasteiger partial charge < -0.3 is 0 Å². The van der Waals surface area contributed by atoms with E-state index in [9.17, 15) is 0 Å². The van der Waals surface area contributed by atoms with E-state index in [0.717, 1.165) is 10.0 Å². The van der Waals surface area contributed by atoms with Gasteiger partial charge in [0.25, 0.3) is 0 Å². The quantitative estimate of drug-likeness (QED) is 0.558. The van der Waals surface area contributed by atoms with Gasteiger partial charge in [0.15, 0.2) is 5.82 Å². The lowest BCUT2D eigenvalue weighted by molar-refractivity contribution is 1.15. The molecule has 0 fully saturated rings. The van der Waals surface area contributed by atoms with Crippen molar-refractivity contribution >= 4 is 50.5 Å². The Bertz CT molecular complexity index is 739. The molecule has 0 radical (unpaired) electrons. The number of hydrogen-bond acceptors (Lipinski definition) is 4. The number of aromatic nitrogens is 3. The molecule has 2 heterocycles. The molecule has 0 atom stereocenters. The van der Waals surface area contributed by atoms with Gasteiger partial charge in [-0.15, -0.1) is 11.3 Å². The molecular formula is C13H6BrCl2N3S. The van der Waals surface area contributed by atoms with Gasteiger partial charge in [0, 0.05) is 9.85 Å². The molecule has 0 saturated carbocycles. The fourth-order valence-electron chi connectivity index (χ4n) is 1.73. The highest BCUT2D eigenvalue weighted by atomic mass is 79.9. The normalized spacial score (nSPS) is 10.8. The summed E-state index contributed by atoms with van der Waals surface area (Å²) in [6, 6.07) is 7.65. The summed E-state index contributed by atoms with van der Waals surface area (Å²) in [6.45, 7) is 0. The Morgan fingerprint density at radius 2 is 1.85 bits per heavy atom. The lowest BCUT2D eigenvalue weighted by atomic mass is 10.1. The highest BCUT2D eigenvalue weighted by Crippen LogP contribution is 2.35. The molecule has 0 N–H and O–H groups in total. The van der Waals surface area contributed by atoms with E-state index >= 15 is 0 Å². The zero-order valence-electron chi connectivity index (χ0n) is 9.85. The Balaban J connectivity index is 2.14. The Kier molecular flexibility index (Phi) is 4.03. The van der Waals surface area contributed by atoms with Gasteiger partial charge >= 0.3 is 0 Å². The van der Waals surface area contributed by atoms with Crippen molar-refractivity contribution in [3.63, 3.8) is 0 Å². The molecule has 0 bridgehead atoms. The first kappa shape index (κ1) is 13.9. The highest BCUT2D eigenvalue weighted by Gasteiger charge is 2.15. The zero-order valence-corrected chi connectivity index (χ0v) is 13.8. The number of thiazole rings is 1. The molecule has 0 unspecified atom stereocenters. The lowest BCUT2D eigenvalue weighted by Gasteiger charge is -2.08. The number of benzene rings is 1. The van der Waals surface area contributed by atoms with Crippen LogP contribution in [-0.4, -0.2) is 15.0 Å². The number of hydrogen-bond donors (Lipinski definition) is 0. The summed E-state index contributed by atoms with van der Waals surface area (Å²) in [5.41, 5.74) is 3.86. The Morgan fingerprint density at radius 3 is 2.45 bits per heavy atom. The van der Waals surface area contributed by atoms with Gasteiger partial charge in [-0.3, -0.25) is 0 Å². The predicted molar refractivity (Wildman–Crippen MR) is 86.3 cm³/mol. The Labute approximate surface area is 137 Å². The number of rotatable bonds is 2. The van der Waals surface area contributed by atoms with Gasteiger partial charge in [0.2, 0.25) is 0 Å². The Hall–Kier alpha value is -1.01. The first-order chi connectivity index (χ1) is 9.65. The molecule has 3 aromatic rings. The van der Waals surface area contributed by atoms with Crippen LogP contribution >= 0.6 is 50.5 Å². The third-order valence-corrected chi connectivity index (χ3v) is 4.22. The van der Waals surface area contributed by atoms with Crippen molar-refractivity contribution in [1.29, 1.82) is 0 Å². The summed E-state index contributed by atoms with van der Waals surface area (Å²) in [7, 11) is 0. The highest BCUT2D eigenvalue weighted by molar-refractivity contribution is 9.10. The molecule has 3 nitrogen and oxygen atoms in total. The molecule has 0 spiro atoms. The molecule has 2 aromatic heterocycles. The fraction of sp³-hybridized carbons (Fsp3) is 0. The predicted octanol–water partition coefficient (Wildman–Crippen LogP) is 5.34. The van der Waals surface area contributed by atoms with Gasteiger partial charge in [-0.1, -0.05) is 51.3 Å². The SMILES string of the molecule is Clc1nc(-c2cscn2)nc(Cl)c1-c1cccc(Br)c1. The monoisotopic (exact) mass is 385 g/mol. The van der Waals surface area contributed by atoms with E-state index in [1.807, 2.05) is 29.6 Å². The molecule has 100 valence electrons. The van der Waals surface area contributed by atoms with E-state index < -0.39 is 0 Å². The molecule has 0 aliphatic heterocycles. The van der Waals surface area contributed by atoms with E-state index in [0.29, 0.717) is 27.4 Å². The van der Waals surface area contributed by atoms with Crippen LogP contribution in [0.2, 0.25) is 10.3 Å². The molecule has 0 amide bonds. The maximum absolute atomic E-state index is 6.26. The molecule has 0 saturated heterocycles.